The van der Waals surface area contributed by atoms with Crippen LogP contribution in [0.4, 0.5) is 34.1 Å². The summed E-state index contributed by atoms with van der Waals surface area (Å²) >= 11 is 7.56. The summed E-state index contributed by atoms with van der Waals surface area (Å²) < 4.78 is 0. The average molecular weight is 1060 g/mol. The molecule has 0 unspecified atom stereocenters. The predicted octanol–water partition coefficient (Wildman–Crippen LogP) is 19.8. The van der Waals surface area contributed by atoms with Gasteiger partial charge >= 0.3 is 0 Å². The lowest BCUT2D eigenvalue weighted by molar-refractivity contribution is 1.25. The van der Waals surface area contributed by atoms with E-state index in [9.17, 15) is 0 Å². The zero-order valence-electron chi connectivity index (χ0n) is 44.9. The topological polar surface area (TPSA) is 6.48 Å². The first-order chi connectivity index (χ1) is 40.6. The van der Waals surface area contributed by atoms with Crippen LogP contribution in [0.1, 0.15) is 0 Å². The highest BCUT2D eigenvalue weighted by Crippen LogP contribution is 2.48. The van der Waals surface area contributed by atoms with Gasteiger partial charge in [0.25, 0.3) is 6.71 Å². The molecule has 0 saturated carbocycles. The van der Waals surface area contributed by atoms with E-state index >= 15 is 0 Å². The molecule has 2 nitrogen and oxygen atoms in total. The molecule has 0 spiro atoms. The molecular weight excluding hydrogens is 1010 g/mol. The largest absolute Gasteiger partial charge is 0.311 e. The fraction of sp³-hybridized carbons (Fsp3) is 0. The summed E-state index contributed by atoms with van der Waals surface area (Å²) in [7, 11) is 0. The van der Waals surface area contributed by atoms with E-state index in [1.54, 1.807) is 0 Å². The fourth-order valence-corrected chi connectivity index (χ4v) is 13.1. The van der Waals surface area contributed by atoms with Gasteiger partial charge in [-0.1, -0.05) is 279 Å². The first kappa shape index (κ1) is 48.9. The molecule has 2 aliphatic rings. The third-order valence-electron chi connectivity index (χ3n) is 16.6. The second-order valence-corrected chi connectivity index (χ2v) is 21.7. The molecule has 4 heteroatoms. The van der Waals surface area contributed by atoms with Crippen molar-refractivity contribution in [1.29, 1.82) is 0 Å². The maximum atomic E-state index is 7.56. The van der Waals surface area contributed by atoms with Gasteiger partial charge in [-0.2, -0.15) is 0 Å². The van der Waals surface area contributed by atoms with Crippen molar-refractivity contribution in [2.75, 3.05) is 9.80 Å². The Kier molecular flexibility index (Phi) is 12.4. The van der Waals surface area contributed by atoms with E-state index in [1.165, 1.54) is 83.1 Å². The summed E-state index contributed by atoms with van der Waals surface area (Å²) in [6.45, 7) is -0.179. The second kappa shape index (κ2) is 20.8. The van der Waals surface area contributed by atoms with Crippen LogP contribution in [0.15, 0.2) is 315 Å². The number of halogens is 1. The Bertz CT molecular complexity index is 4220. The van der Waals surface area contributed by atoms with Gasteiger partial charge in [0.15, 0.2) is 0 Å². The number of nitrogens with zero attached hydrogens (tertiary/aromatic N) is 2. The van der Waals surface area contributed by atoms with Crippen LogP contribution in [0.5, 0.6) is 0 Å². The van der Waals surface area contributed by atoms with Gasteiger partial charge in [-0.3, -0.25) is 0 Å². The second-order valence-electron chi connectivity index (χ2n) is 21.2. The Balaban J connectivity index is 0.962. The van der Waals surface area contributed by atoms with E-state index in [4.69, 9.17) is 11.6 Å². The van der Waals surface area contributed by atoms with Crippen molar-refractivity contribution in [2.24, 2.45) is 0 Å². The molecule has 384 valence electrons. The summed E-state index contributed by atoms with van der Waals surface area (Å²) in [5.74, 6) is 0. The molecule has 82 heavy (non-hydrogen) atoms. The van der Waals surface area contributed by atoms with Crippen molar-refractivity contribution < 1.29 is 0 Å². The lowest BCUT2D eigenvalue weighted by Gasteiger charge is -2.44. The summed E-state index contributed by atoms with van der Waals surface area (Å²) in [6.07, 6.45) is 0. The van der Waals surface area contributed by atoms with Crippen molar-refractivity contribution in [3.05, 3.63) is 320 Å². The summed E-state index contributed by atoms with van der Waals surface area (Å²) in [5, 5.41) is 0.665. The number of fused-ring (bicyclic) bond motifs is 4. The number of hydrogen-bond donors (Lipinski definition) is 0. The Morgan fingerprint density at radius 3 is 0.756 bits per heavy atom. The Labute approximate surface area is 485 Å². The van der Waals surface area contributed by atoms with Crippen molar-refractivity contribution in [1.82, 2.24) is 0 Å². The third-order valence-corrected chi connectivity index (χ3v) is 16.8. The van der Waals surface area contributed by atoms with E-state index in [0.717, 1.165) is 56.4 Å². The zero-order chi connectivity index (χ0) is 54.5. The molecule has 2 aliphatic heterocycles. The highest BCUT2D eigenvalue weighted by molar-refractivity contribution is 7.00. The van der Waals surface area contributed by atoms with Crippen molar-refractivity contribution >= 4 is 68.8 Å². The maximum Gasteiger partial charge on any atom is 0.252 e. The van der Waals surface area contributed by atoms with Gasteiger partial charge in [-0.05, 0) is 154 Å². The molecule has 0 N–H and O–H groups in total. The van der Waals surface area contributed by atoms with E-state index in [1.807, 2.05) is 0 Å². The lowest BCUT2D eigenvalue weighted by atomic mass is 9.33. The van der Waals surface area contributed by atoms with Crippen LogP contribution in [0.25, 0.3) is 89.0 Å². The van der Waals surface area contributed by atoms with E-state index in [0.29, 0.717) is 5.02 Å². The van der Waals surface area contributed by atoms with Crippen molar-refractivity contribution in [3.8, 4) is 89.0 Å². The van der Waals surface area contributed by atoms with E-state index in [-0.39, 0.29) is 6.71 Å². The van der Waals surface area contributed by atoms with E-state index in [2.05, 4.69) is 325 Å². The van der Waals surface area contributed by atoms with Gasteiger partial charge in [0, 0.05) is 39.1 Å². The quantitative estimate of drug-likeness (QED) is 0.126. The number of rotatable bonds is 10. The molecule has 13 aromatic rings. The standard InChI is InChI=1S/C78H52BClN2/c80-61-51-76-78-77(52-61)82(63-45-39-58(40-46-63)69-34-16-14-30-65(69)54-23-7-2-8-24-54)75-48-42-60(71-36-20-18-32-67(71)56-27-11-4-12-28-56)50-73(75)79(78)72-49-59(70-35-19-17-31-66(70)55-25-9-3-10-26-55)41-47-74(72)81(76)62-43-37-57(38-44-62)68-33-15-13-29-64(68)53-21-5-1-6-22-53/h1-52H. The number of anilines is 6. The lowest BCUT2D eigenvalue weighted by Crippen LogP contribution is -2.61. The van der Waals surface area contributed by atoms with Crippen LogP contribution >= 0.6 is 11.6 Å². The molecule has 0 aliphatic carbocycles. The van der Waals surface area contributed by atoms with Crippen molar-refractivity contribution in [2.45, 2.75) is 0 Å². The Morgan fingerprint density at radius 1 is 0.220 bits per heavy atom. The molecule has 0 radical (unpaired) electrons. The van der Waals surface area contributed by atoms with Gasteiger partial charge in [0.2, 0.25) is 0 Å². The molecule has 0 aromatic heterocycles. The monoisotopic (exact) mass is 1060 g/mol. The van der Waals surface area contributed by atoms with Crippen molar-refractivity contribution in [3.63, 3.8) is 0 Å². The SMILES string of the molecule is Clc1cc2c3c(c1)N(c1ccc(-c4ccccc4-c4ccccc4)cc1)c1ccc(-c4ccccc4-c4ccccc4)cc1B3c1cc(-c3ccccc3-c3ccccc3)ccc1N2c1ccc(-c2ccccc2-c2ccccc2)cc1. The molecule has 0 bridgehead atoms. The highest BCUT2D eigenvalue weighted by Gasteiger charge is 2.44. The van der Waals surface area contributed by atoms with Gasteiger partial charge < -0.3 is 9.80 Å². The molecule has 2 heterocycles. The molecule has 15 rings (SSSR count). The summed E-state index contributed by atoms with van der Waals surface area (Å²) in [6, 6.07) is 115. The minimum Gasteiger partial charge on any atom is -0.311 e. The van der Waals surface area contributed by atoms with Gasteiger partial charge in [-0.15, -0.1) is 0 Å². The van der Waals surface area contributed by atoms with Gasteiger partial charge in [0.05, 0.1) is 0 Å². The first-order valence-corrected chi connectivity index (χ1v) is 28.5. The Morgan fingerprint density at radius 2 is 0.463 bits per heavy atom. The maximum absolute atomic E-state index is 7.56. The minimum absolute atomic E-state index is 0.179. The van der Waals surface area contributed by atoms with Gasteiger partial charge in [0.1, 0.15) is 0 Å². The number of benzene rings is 13. The summed E-state index contributed by atoms with van der Waals surface area (Å²) in [4.78, 5) is 4.91. The van der Waals surface area contributed by atoms with Crippen LogP contribution < -0.4 is 26.2 Å². The van der Waals surface area contributed by atoms with Crippen LogP contribution in [-0.4, -0.2) is 6.71 Å². The highest BCUT2D eigenvalue weighted by atomic mass is 35.5. The third kappa shape index (κ3) is 8.62. The van der Waals surface area contributed by atoms with Crippen LogP contribution in [0, 0.1) is 0 Å². The van der Waals surface area contributed by atoms with Gasteiger partial charge in [-0.25, -0.2) is 0 Å². The molecule has 0 saturated heterocycles. The first-order valence-electron chi connectivity index (χ1n) is 28.1. The van der Waals surface area contributed by atoms with Crippen LogP contribution in [0.3, 0.4) is 0 Å². The molecule has 0 amide bonds. The van der Waals surface area contributed by atoms with Crippen LogP contribution in [0.2, 0.25) is 5.02 Å². The summed E-state index contributed by atoms with van der Waals surface area (Å²) in [5.41, 5.74) is 29.0. The predicted molar refractivity (Wildman–Crippen MR) is 349 cm³/mol. The molecule has 0 fully saturated rings. The molecule has 0 atom stereocenters. The fourth-order valence-electron chi connectivity index (χ4n) is 12.9. The Hall–Kier alpha value is -10.2. The number of hydrogen-bond acceptors (Lipinski definition) is 2. The normalized spacial score (nSPS) is 12.1. The molecule has 13 aromatic carbocycles. The minimum atomic E-state index is -0.179. The molecular formula is C78H52BClN2. The van der Waals surface area contributed by atoms with E-state index < -0.39 is 0 Å². The zero-order valence-corrected chi connectivity index (χ0v) is 45.6. The smallest absolute Gasteiger partial charge is 0.252 e. The average Bonchev–Trinajstić information content (AvgIpc) is 2.08. The van der Waals surface area contributed by atoms with Crippen LogP contribution in [-0.2, 0) is 0 Å².